The van der Waals surface area contributed by atoms with Gasteiger partial charge < -0.3 is 15.1 Å². The molecule has 0 spiro atoms. The molecule has 0 radical (unpaired) electrons. The van der Waals surface area contributed by atoms with Crippen LogP contribution in [0.25, 0.3) is 0 Å². The molecule has 2 aliphatic heterocycles. The molecule has 2 aliphatic rings. The zero-order valence-corrected chi connectivity index (χ0v) is 17.9. The number of piperazine rings is 1. The Bertz CT molecular complexity index is 933. The van der Waals surface area contributed by atoms with Crippen molar-refractivity contribution in [3.05, 3.63) is 58.1 Å². The number of amides is 1. The first kappa shape index (κ1) is 21.1. The largest absolute Gasteiger partial charge is 0.372 e. The van der Waals surface area contributed by atoms with Crippen molar-refractivity contribution in [1.82, 2.24) is 4.90 Å². The van der Waals surface area contributed by atoms with Crippen molar-refractivity contribution < 1.29 is 9.72 Å². The minimum Gasteiger partial charge on any atom is -0.372 e. The number of carbonyl (C=O) groups is 1. The molecule has 0 aromatic heterocycles. The van der Waals surface area contributed by atoms with Crippen molar-refractivity contribution in [3.63, 3.8) is 0 Å². The van der Waals surface area contributed by atoms with E-state index in [0.717, 1.165) is 56.2 Å². The van der Waals surface area contributed by atoms with Crippen molar-refractivity contribution in [2.45, 2.75) is 19.8 Å². The van der Waals surface area contributed by atoms with E-state index < -0.39 is 0 Å². The van der Waals surface area contributed by atoms with Gasteiger partial charge in [-0.15, -0.1) is 0 Å². The van der Waals surface area contributed by atoms with Crippen LogP contribution in [0.2, 0.25) is 0 Å². The summed E-state index contributed by atoms with van der Waals surface area (Å²) in [5.41, 5.74) is 4.26. The lowest BCUT2D eigenvalue weighted by Crippen LogP contribution is -2.48. The third kappa shape index (κ3) is 5.14. The monoisotopic (exact) mass is 423 g/mol. The molecule has 0 bridgehead atoms. The predicted octanol–water partition coefficient (Wildman–Crippen LogP) is 3.26. The van der Waals surface area contributed by atoms with Gasteiger partial charge in [-0.05, 0) is 55.7 Å². The molecule has 164 valence electrons. The van der Waals surface area contributed by atoms with E-state index in [0.29, 0.717) is 6.54 Å². The van der Waals surface area contributed by atoms with Crippen LogP contribution in [0.15, 0.2) is 42.5 Å². The second kappa shape index (κ2) is 9.34. The number of hydrogen-bond donors (Lipinski definition) is 1. The predicted molar refractivity (Wildman–Crippen MR) is 123 cm³/mol. The minimum atomic E-state index is -0.387. The molecule has 0 atom stereocenters. The second-order valence-corrected chi connectivity index (χ2v) is 8.28. The van der Waals surface area contributed by atoms with Crippen molar-refractivity contribution in [1.29, 1.82) is 0 Å². The molecule has 2 aromatic rings. The Morgan fingerprint density at radius 2 is 1.55 bits per heavy atom. The van der Waals surface area contributed by atoms with Gasteiger partial charge in [0.05, 0.1) is 11.5 Å². The van der Waals surface area contributed by atoms with Crippen LogP contribution >= 0.6 is 0 Å². The lowest BCUT2D eigenvalue weighted by molar-refractivity contribution is -0.384. The number of carbonyl (C=O) groups excluding carboxylic acids is 1. The van der Waals surface area contributed by atoms with Crippen LogP contribution in [-0.4, -0.2) is 61.5 Å². The second-order valence-electron chi connectivity index (χ2n) is 8.28. The molecule has 2 saturated heterocycles. The first-order chi connectivity index (χ1) is 15.0. The molecule has 1 N–H and O–H groups in total. The van der Waals surface area contributed by atoms with Crippen molar-refractivity contribution in [2.75, 3.05) is 60.9 Å². The van der Waals surface area contributed by atoms with Crippen LogP contribution in [0, 0.1) is 17.0 Å². The molecule has 4 rings (SSSR count). The number of hydrogen-bond acceptors (Lipinski definition) is 6. The lowest BCUT2D eigenvalue weighted by Gasteiger charge is -2.35. The maximum absolute atomic E-state index is 12.6. The topological polar surface area (TPSA) is 82.0 Å². The Kier molecular flexibility index (Phi) is 6.36. The number of nitro groups is 1. The molecule has 2 aromatic carbocycles. The Morgan fingerprint density at radius 1 is 0.935 bits per heavy atom. The third-order valence-corrected chi connectivity index (χ3v) is 6.12. The van der Waals surface area contributed by atoms with Gasteiger partial charge in [0.15, 0.2) is 0 Å². The minimum absolute atomic E-state index is 0.000749. The molecule has 0 unspecified atom stereocenters. The molecule has 2 heterocycles. The van der Waals surface area contributed by atoms with E-state index in [1.165, 1.54) is 30.7 Å². The highest BCUT2D eigenvalue weighted by molar-refractivity contribution is 5.93. The first-order valence-corrected chi connectivity index (χ1v) is 10.9. The summed E-state index contributed by atoms with van der Waals surface area (Å²) in [6.45, 7) is 7.74. The number of anilines is 3. The highest BCUT2D eigenvalue weighted by atomic mass is 16.6. The molecule has 1 amide bonds. The number of nitro benzene ring substituents is 1. The summed E-state index contributed by atoms with van der Waals surface area (Å²) in [5.74, 6) is 0.000749. The first-order valence-electron chi connectivity index (χ1n) is 10.9. The summed E-state index contributed by atoms with van der Waals surface area (Å²) in [4.78, 5) is 29.7. The van der Waals surface area contributed by atoms with E-state index in [1.54, 1.807) is 12.1 Å². The third-order valence-electron chi connectivity index (χ3n) is 6.12. The molecule has 2 fully saturated rings. The van der Waals surface area contributed by atoms with Crippen molar-refractivity contribution in [3.8, 4) is 0 Å². The molecule has 31 heavy (non-hydrogen) atoms. The Morgan fingerprint density at radius 3 is 2.16 bits per heavy atom. The summed E-state index contributed by atoms with van der Waals surface area (Å²) in [6, 6.07) is 12.9. The fourth-order valence-corrected chi connectivity index (χ4v) is 4.30. The van der Waals surface area contributed by atoms with E-state index in [9.17, 15) is 14.9 Å². The average molecular weight is 424 g/mol. The van der Waals surface area contributed by atoms with Crippen LogP contribution in [-0.2, 0) is 4.79 Å². The van der Waals surface area contributed by atoms with E-state index in [4.69, 9.17) is 0 Å². The normalized spacial score (nSPS) is 17.1. The van der Waals surface area contributed by atoms with E-state index in [-0.39, 0.29) is 16.5 Å². The molecule has 0 aliphatic carbocycles. The fraction of sp³-hybridized carbons (Fsp3) is 0.435. The van der Waals surface area contributed by atoms with Gasteiger partial charge in [0.2, 0.25) is 5.91 Å². The van der Waals surface area contributed by atoms with Crippen LogP contribution in [0.4, 0.5) is 22.7 Å². The summed E-state index contributed by atoms with van der Waals surface area (Å²) in [7, 11) is 0. The lowest BCUT2D eigenvalue weighted by atomic mass is 10.1. The standard InChI is InChI=1S/C23H29N5O3/c1-18-16-21(26-10-2-3-11-26)8-9-22(18)24-23(29)17-25-12-14-27(15-13-25)19-4-6-20(7-5-19)28(30)31/h4-9,16H,2-3,10-15,17H2,1H3,(H,24,29). The van der Waals surface area contributed by atoms with Crippen LogP contribution in [0.5, 0.6) is 0 Å². The van der Waals surface area contributed by atoms with Gasteiger partial charge in [-0.25, -0.2) is 0 Å². The summed E-state index contributed by atoms with van der Waals surface area (Å²) < 4.78 is 0. The fourth-order valence-electron chi connectivity index (χ4n) is 4.30. The van der Waals surface area contributed by atoms with Gasteiger partial charge in [0, 0.05) is 68.5 Å². The SMILES string of the molecule is Cc1cc(N2CCCC2)ccc1NC(=O)CN1CCN(c2ccc([N+](=O)[O-])cc2)CC1. The quantitative estimate of drug-likeness (QED) is 0.567. The van der Waals surface area contributed by atoms with Crippen LogP contribution in [0.3, 0.4) is 0 Å². The molecule has 8 heteroatoms. The van der Waals surface area contributed by atoms with E-state index >= 15 is 0 Å². The van der Waals surface area contributed by atoms with Gasteiger partial charge in [-0.1, -0.05) is 0 Å². The van der Waals surface area contributed by atoms with E-state index in [2.05, 4.69) is 32.1 Å². The van der Waals surface area contributed by atoms with Crippen molar-refractivity contribution >= 4 is 28.7 Å². The van der Waals surface area contributed by atoms with Crippen molar-refractivity contribution in [2.24, 2.45) is 0 Å². The average Bonchev–Trinajstić information content (AvgIpc) is 3.31. The maximum Gasteiger partial charge on any atom is 0.269 e. The molecule has 0 saturated carbocycles. The zero-order valence-electron chi connectivity index (χ0n) is 17.9. The maximum atomic E-state index is 12.6. The number of nitrogens with one attached hydrogen (secondary N) is 1. The van der Waals surface area contributed by atoms with Gasteiger partial charge in [-0.3, -0.25) is 19.8 Å². The highest BCUT2D eigenvalue weighted by Crippen LogP contribution is 2.26. The summed E-state index contributed by atoms with van der Waals surface area (Å²) in [6.07, 6.45) is 2.49. The van der Waals surface area contributed by atoms with Crippen LogP contribution in [0.1, 0.15) is 18.4 Å². The highest BCUT2D eigenvalue weighted by Gasteiger charge is 2.20. The van der Waals surface area contributed by atoms with Gasteiger partial charge >= 0.3 is 0 Å². The number of rotatable bonds is 6. The summed E-state index contributed by atoms with van der Waals surface area (Å²) >= 11 is 0. The summed E-state index contributed by atoms with van der Waals surface area (Å²) in [5, 5.41) is 13.9. The van der Waals surface area contributed by atoms with Crippen LogP contribution < -0.4 is 15.1 Å². The molecular formula is C23H29N5O3. The number of nitrogens with zero attached hydrogens (tertiary/aromatic N) is 4. The van der Waals surface area contributed by atoms with Gasteiger partial charge in [0.1, 0.15) is 0 Å². The van der Waals surface area contributed by atoms with Gasteiger partial charge in [-0.2, -0.15) is 0 Å². The molecule has 8 nitrogen and oxygen atoms in total. The van der Waals surface area contributed by atoms with E-state index in [1.807, 2.05) is 13.0 Å². The number of benzene rings is 2. The number of non-ortho nitro benzene ring substituents is 1. The Labute approximate surface area is 182 Å². The Hall–Kier alpha value is -3.13. The number of aryl methyl sites for hydroxylation is 1. The smallest absolute Gasteiger partial charge is 0.269 e. The Balaban J connectivity index is 1.26. The zero-order chi connectivity index (χ0) is 21.8. The van der Waals surface area contributed by atoms with Gasteiger partial charge in [0.25, 0.3) is 5.69 Å². The molecular weight excluding hydrogens is 394 g/mol.